The zero-order valence-electron chi connectivity index (χ0n) is 20.5. The van der Waals surface area contributed by atoms with E-state index in [1.54, 1.807) is 14.2 Å². The molecule has 0 bridgehead atoms. The summed E-state index contributed by atoms with van der Waals surface area (Å²) in [5.41, 5.74) is 2.19. The van der Waals surface area contributed by atoms with Crippen molar-refractivity contribution in [2.45, 2.75) is 44.3 Å². The van der Waals surface area contributed by atoms with E-state index in [2.05, 4.69) is 43.5 Å². The fourth-order valence-electron chi connectivity index (χ4n) is 5.53. The van der Waals surface area contributed by atoms with Gasteiger partial charge in [0.15, 0.2) is 17.3 Å². The number of benzene rings is 2. The third-order valence-corrected chi connectivity index (χ3v) is 7.26. The van der Waals surface area contributed by atoms with Crippen LogP contribution in [0.2, 0.25) is 0 Å². The summed E-state index contributed by atoms with van der Waals surface area (Å²) in [6, 6.07) is 17.0. The Kier molecular flexibility index (Phi) is 8.59. The van der Waals surface area contributed by atoms with Crippen LogP contribution in [0.4, 0.5) is 0 Å². The van der Waals surface area contributed by atoms with Crippen LogP contribution >= 0.6 is 0 Å². The van der Waals surface area contributed by atoms with Crippen molar-refractivity contribution in [2.75, 3.05) is 40.4 Å². The second-order valence-electron chi connectivity index (χ2n) is 9.18. The summed E-state index contributed by atoms with van der Waals surface area (Å²) in [6.07, 6.45) is 5.40. The first kappa shape index (κ1) is 25.4. The van der Waals surface area contributed by atoms with Gasteiger partial charge < -0.3 is 21.9 Å². The molecule has 0 N–H and O–H groups in total. The van der Waals surface area contributed by atoms with Gasteiger partial charge in [0.25, 0.3) is 0 Å². The Bertz CT molecular complexity index is 1060. The molecule has 1 aliphatic carbocycles. The Morgan fingerprint density at radius 3 is 2.34 bits per heavy atom. The SMILES string of the molecule is COc1cccc(C(c2nnnn2Cc2ccccc2)N2CCN(C3CCCC3)CC2)c1OC.[Cl-]. The van der Waals surface area contributed by atoms with Gasteiger partial charge in [-0.15, -0.1) is 5.10 Å². The first-order chi connectivity index (χ1) is 16.8. The summed E-state index contributed by atoms with van der Waals surface area (Å²) in [6.45, 7) is 4.66. The zero-order chi connectivity index (χ0) is 23.3. The second-order valence-corrected chi connectivity index (χ2v) is 9.18. The Hall–Kier alpha value is -2.68. The van der Waals surface area contributed by atoms with Crippen molar-refractivity contribution in [1.29, 1.82) is 0 Å². The van der Waals surface area contributed by atoms with E-state index in [-0.39, 0.29) is 18.4 Å². The summed E-state index contributed by atoms with van der Waals surface area (Å²) in [7, 11) is 3.37. The van der Waals surface area contributed by atoms with Crippen molar-refractivity contribution in [3.63, 3.8) is 0 Å². The smallest absolute Gasteiger partial charge is 0.173 e. The molecule has 1 unspecified atom stereocenters. The number of nitrogens with zero attached hydrogens (tertiary/aromatic N) is 6. The zero-order valence-corrected chi connectivity index (χ0v) is 21.3. The molecule has 1 atom stereocenters. The molecule has 1 saturated carbocycles. The minimum Gasteiger partial charge on any atom is -1.00 e. The molecule has 0 amide bonds. The van der Waals surface area contributed by atoms with Crippen molar-refractivity contribution in [2.24, 2.45) is 0 Å². The van der Waals surface area contributed by atoms with Crippen LogP contribution in [0.15, 0.2) is 48.5 Å². The van der Waals surface area contributed by atoms with Crippen LogP contribution in [0.25, 0.3) is 0 Å². The summed E-state index contributed by atoms with van der Waals surface area (Å²) >= 11 is 0. The number of para-hydroxylation sites is 1. The molecule has 2 fully saturated rings. The topological polar surface area (TPSA) is 68.5 Å². The van der Waals surface area contributed by atoms with E-state index in [0.717, 1.165) is 55.1 Å². The van der Waals surface area contributed by atoms with Crippen LogP contribution in [0.3, 0.4) is 0 Å². The highest BCUT2D eigenvalue weighted by Crippen LogP contribution is 2.40. The highest BCUT2D eigenvalue weighted by Gasteiger charge is 2.35. The van der Waals surface area contributed by atoms with Crippen molar-refractivity contribution in [3.05, 3.63) is 65.5 Å². The maximum atomic E-state index is 5.86. The van der Waals surface area contributed by atoms with E-state index in [1.165, 1.54) is 31.2 Å². The Morgan fingerprint density at radius 1 is 0.914 bits per heavy atom. The average Bonchev–Trinajstić information content (AvgIpc) is 3.58. The minimum absolute atomic E-state index is 0. The van der Waals surface area contributed by atoms with E-state index in [0.29, 0.717) is 6.54 Å². The minimum atomic E-state index is -0.130. The predicted molar refractivity (Wildman–Crippen MR) is 130 cm³/mol. The van der Waals surface area contributed by atoms with Crippen LogP contribution < -0.4 is 21.9 Å². The molecule has 3 aromatic rings. The first-order valence-corrected chi connectivity index (χ1v) is 12.3. The molecule has 2 aliphatic rings. The lowest BCUT2D eigenvalue weighted by Crippen LogP contribution is -3.00. The van der Waals surface area contributed by atoms with Crippen molar-refractivity contribution >= 4 is 0 Å². The maximum absolute atomic E-state index is 5.86. The number of halogens is 1. The first-order valence-electron chi connectivity index (χ1n) is 12.3. The summed E-state index contributed by atoms with van der Waals surface area (Å²) in [5.74, 6) is 2.28. The van der Waals surface area contributed by atoms with Gasteiger partial charge in [0.2, 0.25) is 0 Å². The van der Waals surface area contributed by atoms with Gasteiger partial charge >= 0.3 is 0 Å². The quantitative estimate of drug-likeness (QED) is 0.446. The predicted octanol–water partition coefficient (Wildman–Crippen LogP) is 0.392. The normalized spacial score (nSPS) is 18.2. The molecule has 0 spiro atoms. The average molecular weight is 498 g/mol. The van der Waals surface area contributed by atoms with Gasteiger partial charge in [-0.1, -0.05) is 55.3 Å². The lowest BCUT2D eigenvalue weighted by Gasteiger charge is -2.41. The third-order valence-electron chi connectivity index (χ3n) is 7.26. The highest BCUT2D eigenvalue weighted by molar-refractivity contribution is 5.49. The molecule has 2 aromatic carbocycles. The van der Waals surface area contributed by atoms with Crippen LogP contribution in [0.5, 0.6) is 11.5 Å². The number of methoxy groups -OCH3 is 2. The fourth-order valence-corrected chi connectivity index (χ4v) is 5.53. The van der Waals surface area contributed by atoms with Crippen LogP contribution in [0, 0.1) is 0 Å². The van der Waals surface area contributed by atoms with Crippen molar-refractivity contribution in [1.82, 2.24) is 30.0 Å². The lowest BCUT2D eigenvalue weighted by atomic mass is 10.0. The number of hydrogen-bond donors (Lipinski definition) is 0. The number of hydrogen-bond acceptors (Lipinski definition) is 7. The van der Waals surface area contributed by atoms with Crippen LogP contribution in [-0.2, 0) is 6.54 Å². The van der Waals surface area contributed by atoms with Gasteiger partial charge in [-0.3, -0.25) is 9.80 Å². The standard InChI is InChI=1S/C26H34N6O2.ClH/c1-33-23-14-8-13-22(25(23)34-2)24(31-17-15-30(16-18-31)21-11-6-7-12-21)26-27-28-29-32(26)19-20-9-4-3-5-10-20;/h3-5,8-10,13-14,21,24H,6-7,11-12,15-19H2,1-2H3;1H/p-1. The second kappa shape index (κ2) is 11.8. The molecule has 188 valence electrons. The number of ether oxygens (including phenoxy) is 2. The van der Waals surface area contributed by atoms with Crippen molar-refractivity contribution < 1.29 is 21.9 Å². The Balaban J connectivity index is 0.00000289. The number of rotatable bonds is 8. The van der Waals surface area contributed by atoms with Crippen LogP contribution in [-0.4, -0.2) is 76.4 Å². The van der Waals surface area contributed by atoms with E-state index < -0.39 is 0 Å². The van der Waals surface area contributed by atoms with Gasteiger partial charge in [-0.25, -0.2) is 4.68 Å². The molecule has 0 radical (unpaired) electrons. The molecule has 35 heavy (non-hydrogen) atoms. The third kappa shape index (κ3) is 5.44. The summed E-state index contributed by atoms with van der Waals surface area (Å²) in [4.78, 5) is 5.17. The fraction of sp³-hybridized carbons (Fsp3) is 0.500. The van der Waals surface area contributed by atoms with E-state index in [1.807, 2.05) is 35.0 Å². The monoisotopic (exact) mass is 497 g/mol. The Morgan fingerprint density at radius 2 is 1.66 bits per heavy atom. The van der Waals surface area contributed by atoms with E-state index >= 15 is 0 Å². The van der Waals surface area contributed by atoms with Crippen molar-refractivity contribution in [3.8, 4) is 11.5 Å². The molecule has 9 heteroatoms. The molecular formula is C26H34ClN6O2-. The molecule has 2 heterocycles. The van der Waals surface area contributed by atoms with E-state index in [9.17, 15) is 0 Å². The number of tetrazole rings is 1. The molecule has 8 nitrogen and oxygen atoms in total. The largest absolute Gasteiger partial charge is 1.00 e. The van der Waals surface area contributed by atoms with Gasteiger partial charge in [0.05, 0.1) is 20.8 Å². The summed E-state index contributed by atoms with van der Waals surface area (Å²) < 4.78 is 13.4. The van der Waals surface area contributed by atoms with Gasteiger partial charge in [0, 0.05) is 37.8 Å². The van der Waals surface area contributed by atoms with E-state index in [4.69, 9.17) is 9.47 Å². The van der Waals surface area contributed by atoms with Gasteiger partial charge in [0.1, 0.15) is 6.04 Å². The Labute approximate surface area is 213 Å². The molecule has 1 aromatic heterocycles. The molecular weight excluding hydrogens is 464 g/mol. The number of piperazine rings is 1. The van der Waals surface area contributed by atoms with Gasteiger partial charge in [-0.2, -0.15) is 0 Å². The lowest BCUT2D eigenvalue weighted by molar-refractivity contribution is -0.00000766. The van der Waals surface area contributed by atoms with Crippen LogP contribution in [0.1, 0.15) is 48.7 Å². The van der Waals surface area contributed by atoms with Gasteiger partial charge in [-0.05, 0) is 34.9 Å². The summed E-state index contributed by atoms with van der Waals surface area (Å²) in [5, 5.41) is 13.0. The maximum Gasteiger partial charge on any atom is 0.173 e. The number of aromatic nitrogens is 4. The molecule has 1 saturated heterocycles. The molecule has 1 aliphatic heterocycles. The highest BCUT2D eigenvalue weighted by atomic mass is 35.5. The molecule has 5 rings (SSSR count).